The van der Waals surface area contributed by atoms with E-state index in [1.807, 2.05) is 0 Å². The van der Waals surface area contributed by atoms with E-state index in [0.717, 1.165) is 32.1 Å². The second-order valence-electron chi connectivity index (χ2n) is 6.07. The maximum atomic E-state index is 11.6. The van der Waals surface area contributed by atoms with E-state index in [1.54, 1.807) is 0 Å². The summed E-state index contributed by atoms with van der Waals surface area (Å²) < 4.78 is 0. The third-order valence-corrected chi connectivity index (χ3v) is 3.81. The van der Waals surface area contributed by atoms with Crippen LogP contribution in [0.1, 0.15) is 52.4 Å². The van der Waals surface area contributed by atoms with E-state index in [4.69, 9.17) is 5.11 Å². The van der Waals surface area contributed by atoms with E-state index in [1.165, 1.54) is 0 Å². The lowest BCUT2D eigenvalue weighted by atomic mass is 9.66. The summed E-state index contributed by atoms with van der Waals surface area (Å²) in [6, 6.07) is -0.180. The fourth-order valence-corrected chi connectivity index (χ4v) is 2.46. The van der Waals surface area contributed by atoms with E-state index in [9.17, 15) is 9.59 Å². The number of hydrogen-bond acceptors (Lipinski definition) is 2. The van der Waals surface area contributed by atoms with Crippen LogP contribution in [0.5, 0.6) is 0 Å². The van der Waals surface area contributed by atoms with Gasteiger partial charge in [0.15, 0.2) is 0 Å². The highest BCUT2D eigenvalue weighted by atomic mass is 16.4. The SMILES string of the molecule is CC(C)CCCNC(=O)NCC1(CC(=O)O)CCC1. The number of urea groups is 1. The molecule has 0 aromatic heterocycles. The minimum Gasteiger partial charge on any atom is -0.481 e. The molecule has 3 N–H and O–H groups in total. The molecule has 0 spiro atoms. The van der Waals surface area contributed by atoms with Gasteiger partial charge in [-0.2, -0.15) is 0 Å². The van der Waals surface area contributed by atoms with Crippen molar-refractivity contribution >= 4 is 12.0 Å². The molecule has 2 amide bonds. The van der Waals surface area contributed by atoms with Crippen LogP contribution in [0.4, 0.5) is 4.79 Å². The summed E-state index contributed by atoms with van der Waals surface area (Å²) in [6.07, 6.45) is 5.08. The minimum absolute atomic E-state index is 0.153. The molecule has 0 heterocycles. The second-order valence-corrected chi connectivity index (χ2v) is 6.07. The van der Waals surface area contributed by atoms with Gasteiger partial charge in [0.1, 0.15) is 0 Å². The van der Waals surface area contributed by atoms with Gasteiger partial charge < -0.3 is 15.7 Å². The maximum absolute atomic E-state index is 11.6. The summed E-state index contributed by atoms with van der Waals surface area (Å²) >= 11 is 0. The number of aliphatic carboxylic acids is 1. The number of carboxylic acid groups (broad SMARTS) is 1. The predicted molar refractivity (Wildman–Crippen MR) is 74.0 cm³/mol. The monoisotopic (exact) mass is 270 g/mol. The zero-order valence-corrected chi connectivity index (χ0v) is 12.0. The number of carboxylic acids is 1. The fraction of sp³-hybridized carbons (Fsp3) is 0.857. The van der Waals surface area contributed by atoms with Crippen LogP contribution in [0.15, 0.2) is 0 Å². The Balaban J connectivity index is 2.16. The molecule has 0 aromatic rings. The van der Waals surface area contributed by atoms with Gasteiger partial charge in [-0.25, -0.2) is 4.79 Å². The maximum Gasteiger partial charge on any atom is 0.314 e. The van der Waals surface area contributed by atoms with Gasteiger partial charge in [0.25, 0.3) is 0 Å². The molecule has 0 aliphatic heterocycles. The quantitative estimate of drug-likeness (QED) is 0.592. The summed E-state index contributed by atoms with van der Waals surface area (Å²) in [5.41, 5.74) is -0.207. The molecule has 1 saturated carbocycles. The van der Waals surface area contributed by atoms with Crippen LogP contribution in [0.2, 0.25) is 0 Å². The first kappa shape index (κ1) is 15.8. The first-order valence-electron chi connectivity index (χ1n) is 7.17. The molecule has 0 saturated heterocycles. The topological polar surface area (TPSA) is 78.4 Å². The Bertz CT molecular complexity index is 312. The molecule has 0 unspecified atom stereocenters. The zero-order chi connectivity index (χ0) is 14.3. The van der Waals surface area contributed by atoms with Crippen molar-refractivity contribution in [2.45, 2.75) is 52.4 Å². The van der Waals surface area contributed by atoms with Crippen LogP contribution in [-0.4, -0.2) is 30.2 Å². The van der Waals surface area contributed by atoms with E-state index >= 15 is 0 Å². The summed E-state index contributed by atoms with van der Waals surface area (Å²) in [5, 5.41) is 14.5. The molecule has 0 radical (unpaired) electrons. The summed E-state index contributed by atoms with van der Waals surface area (Å²) in [6.45, 7) is 5.46. The largest absolute Gasteiger partial charge is 0.481 e. The molecular formula is C14H26N2O3. The molecule has 0 bridgehead atoms. The second kappa shape index (κ2) is 7.36. The van der Waals surface area contributed by atoms with E-state index in [0.29, 0.717) is 19.0 Å². The molecule has 1 fully saturated rings. The van der Waals surface area contributed by atoms with Crippen molar-refractivity contribution in [3.63, 3.8) is 0 Å². The van der Waals surface area contributed by atoms with Crippen molar-refractivity contribution < 1.29 is 14.7 Å². The molecule has 5 heteroatoms. The highest BCUT2D eigenvalue weighted by Crippen LogP contribution is 2.43. The molecule has 19 heavy (non-hydrogen) atoms. The third kappa shape index (κ3) is 5.94. The lowest BCUT2D eigenvalue weighted by molar-refractivity contribution is -0.141. The van der Waals surface area contributed by atoms with Gasteiger partial charge in [-0.1, -0.05) is 20.3 Å². The molecule has 1 rings (SSSR count). The Morgan fingerprint density at radius 3 is 2.42 bits per heavy atom. The van der Waals surface area contributed by atoms with Crippen molar-refractivity contribution in [3.05, 3.63) is 0 Å². The molecule has 1 aliphatic rings. The van der Waals surface area contributed by atoms with Crippen LogP contribution in [0.3, 0.4) is 0 Å². The summed E-state index contributed by atoms with van der Waals surface area (Å²) in [7, 11) is 0. The van der Waals surface area contributed by atoms with Gasteiger partial charge >= 0.3 is 12.0 Å². The molecular weight excluding hydrogens is 244 g/mol. The van der Waals surface area contributed by atoms with E-state index in [-0.39, 0.29) is 17.9 Å². The van der Waals surface area contributed by atoms with Gasteiger partial charge in [0, 0.05) is 13.1 Å². The van der Waals surface area contributed by atoms with Crippen molar-refractivity contribution in [3.8, 4) is 0 Å². The lowest BCUT2D eigenvalue weighted by Gasteiger charge is -2.40. The first-order chi connectivity index (χ1) is 8.93. The molecule has 0 aromatic carbocycles. The smallest absolute Gasteiger partial charge is 0.314 e. The van der Waals surface area contributed by atoms with Gasteiger partial charge in [-0.3, -0.25) is 4.79 Å². The fourth-order valence-electron chi connectivity index (χ4n) is 2.46. The Hall–Kier alpha value is -1.26. The average Bonchev–Trinajstić information content (AvgIpc) is 2.27. The standard InChI is InChI=1S/C14H26N2O3/c1-11(2)5-3-8-15-13(19)16-10-14(6-4-7-14)9-12(17)18/h11H,3-10H2,1-2H3,(H,17,18)(H2,15,16,19). The van der Waals surface area contributed by atoms with Crippen LogP contribution in [0.25, 0.3) is 0 Å². The van der Waals surface area contributed by atoms with Gasteiger partial charge in [0.05, 0.1) is 6.42 Å². The minimum atomic E-state index is -0.779. The van der Waals surface area contributed by atoms with Crippen LogP contribution in [0, 0.1) is 11.3 Å². The molecule has 0 atom stereocenters. The van der Waals surface area contributed by atoms with Crippen LogP contribution >= 0.6 is 0 Å². The Kier molecular flexibility index (Phi) is 6.12. The highest BCUT2D eigenvalue weighted by Gasteiger charge is 2.39. The summed E-state index contributed by atoms with van der Waals surface area (Å²) in [5.74, 6) is -0.127. The number of amides is 2. The number of rotatable bonds is 8. The molecule has 5 nitrogen and oxygen atoms in total. The zero-order valence-electron chi connectivity index (χ0n) is 12.0. The van der Waals surface area contributed by atoms with Crippen LogP contribution < -0.4 is 10.6 Å². The molecule has 110 valence electrons. The van der Waals surface area contributed by atoms with E-state index in [2.05, 4.69) is 24.5 Å². The Morgan fingerprint density at radius 1 is 1.26 bits per heavy atom. The van der Waals surface area contributed by atoms with Gasteiger partial charge in [-0.15, -0.1) is 0 Å². The lowest BCUT2D eigenvalue weighted by Crippen LogP contribution is -2.46. The molecule has 1 aliphatic carbocycles. The van der Waals surface area contributed by atoms with Crippen LogP contribution in [-0.2, 0) is 4.79 Å². The number of hydrogen-bond donors (Lipinski definition) is 3. The van der Waals surface area contributed by atoms with E-state index < -0.39 is 5.97 Å². The highest BCUT2D eigenvalue weighted by molar-refractivity contribution is 5.74. The first-order valence-corrected chi connectivity index (χ1v) is 7.17. The van der Waals surface area contributed by atoms with Crippen molar-refractivity contribution in [1.82, 2.24) is 10.6 Å². The van der Waals surface area contributed by atoms with Gasteiger partial charge in [0.2, 0.25) is 0 Å². The normalized spacial score (nSPS) is 16.8. The predicted octanol–water partition coefficient (Wildman–Crippen LogP) is 2.37. The van der Waals surface area contributed by atoms with Crippen molar-refractivity contribution in [2.75, 3.05) is 13.1 Å². The van der Waals surface area contributed by atoms with Crippen molar-refractivity contribution in [2.24, 2.45) is 11.3 Å². The Labute approximate surface area is 115 Å². The number of carbonyl (C=O) groups is 2. The average molecular weight is 270 g/mol. The van der Waals surface area contributed by atoms with Crippen molar-refractivity contribution in [1.29, 1.82) is 0 Å². The Morgan fingerprint density at radius 2 is 1.95 bits per heavy atom. The summed E-state index contributed by atoms with van der Waals surface area (Å²) in [4.78, 5) is 22.4. The number of carbonyl (C=O) groups excluding carboxylic acids is 1. The van der Waals surface area contributed by atoms with Gasteiger partial charge in [-0.05, 0) is 37.0 Å². The third-order valence-electron chi connectivity index (χ3n) is 3.81. The number of nitrogens with one attached hydrogen (secondary N) is 2.